The summed E-state index contributed by atoms with van der Waals surface area (Å²) in [5.74, 6) is -0.117. The van der Waals surface area contributed by atoms with Crippen LogP contribution >= 0.6 is 0 Å². The van der Waals surface area contributed by atoms with Crippen LogP contribution in [0, 0.1) is 5.82 Å². The molecule has 1 heterocycles. The molecule has 0 radical (unpaired) electrons. The predicted molar refractivity (Wildman–Crippen MR) is 85.3 cm³/mol. The molecule has 118 valence electrons. The van der Waals surface area contributed by atoms with Crippen molar-refractivity contribution in [1.82, 2.24) is 5.32 Å². The lowest BCUT2D eigenvalue weighted by Gasteiger charge is -2.31. The fourth-order valence-electron chi connectivity index (χ4n) is 3.01. The summed E-state index contributed by atoms with van der Waals surface area (Å²) in [6, 6.07) is 5.91. The van der Waals surface area contributed by atoms with Crippen molar-refractivity contribution in [2.24, 2.45) is 0 Å². The van der Waals surface area contributed by atoms with Crippen molar-refractivity contribution in [3.8, 4) is 0 Å². The van der Waals surface area contributed by atoms with Crippen LogP contribution < -0.4 is 10.2 Å². The second-order valence-electron chi connectivity index (χ2n) is 5.80. The first-order valence-electron chi connectivity index (χ1n) is 7.97. The molecule has 2 rings (SSSR count). The van der Waals surface area contributed by atoms with Crippen LogP contribution in [-0.2, 0) is 11.3 Å². The molecule has 1 fully saturated rings. The summed E-state index contributed by atoms with van der Waals surface area (Å²) in [4.78, 5) is 2.38. The quantitative estimate of drug-likeness (QED) is 0.815. The fraction of sp³-hybridized carbons (Fsp3) is 0.647. The molecule has 1 atom stereocenters. The molecule has 0 aromatic heterocycles. The Morgan fingerprint density at radius 2 is 2.19 bits per heavy atom. The number of benzene rings is 1. The largest absolute Gasteiger partial charge is 0.383 e. The Hall–Kier alpha value is -1.13. The summed E-state index contributed by atoms with van der Waals surface area (Å²) in [5.41, 5.74) is 1.83. The molecule has 21 heavy (non-hydrogen) atoms. The number of halogens is 1. The molecular formula is C17H27FN2O. The Bertz CT molecular complexity index is 439. The van der Waals surface area contributed by atoms with Crippen molar-refractivity contribution in [3.05, 3.63) is 29.6 Å². The number of rotatable bonds is 6. The number of ether oxygens (including phenoxy) is 1. The minimum absolute atomic E-state index is 0.117. The number of hydrogen-bond donors (Lipinski definition) is 1. The standard InChI is InChI=1S/C17H27FN2O/c1-14-7-4-3-5-11-20(14)17-9-6-8-16(18)15(17)13-19-10-12-21-2/h6,8-9,14,19H,3-5,7,10-13H2,1-2H3. The van der Waals surface area contributed by atoms with Gasteiger partial charge in [-0.15, -0.1) is 0 Å². The van der Waals surface area contributed by atoms with Crippen LogP contribution in [0.4, 0.5) is 10.1 Å². The first-order chi connectivity index (χ1) is 10.2. The van der Waals surface area contributed by atoms with Gasteiger partial charge in [0.25, 0.3) is 0 Å². The van der Waals surface area contributed by atoms with Gasteiger partial charge in [-0.3, -0.25) is 0 Å². The third-order valence-electron chi connectivity index (χ3n) is 4.24. The van der Waals surface area contributed by atoms with Crippen LogP contribution in [0.2, 0.25) is 0 Å². The molecule has 4 heteroatoms. The molecule has 0 saturated carbocycles. The number of hydrogen-bond acceptors (Lipinski definition) is 3. The number of nitrogens with one attached hydrogen (secondary N) is 1. The lowest BCUT2D eigenvalue weighted by Crippen LogP contribution is -2.34. The van der Waals surface area contributed by atoms with Crippen LogP contribution in [0.1, 0.15) is 38.2 Å². The van der Waals surface area contributed by atoms with Gasteiger partial charge in [-0.2, -0.15) is 0 Å². The van der Waals surface area contributed by atoms with Gasteiger partial charge in [0.2, 0.25) is 0 Å². The Morgan fingerprint density at radius 1 is 1.33 bits per heavy atom. The Balaban J connectivity index is 2.15. The van der Waals surface area contributed by atoms with Gasteiger partial charge in [0, 0.05) is 44.0 Å². The SMILES string of the molecule is COCCNCc1c(F)cccc1N1CCCCCC1C. The number of anilines is 1. The van der Waals surface area contributed by atoms with E-state index >= 15 is 0 Å². The lowest BCUT2D eigenvalue weighted by molar-refractivity contribution is 0.199. The van der Waals surface area contributed by atoms with E-state index in [4.69, 9.17) is 4.74 Å². The highest BCUT2D eigenvalue weighted by molar-refractivity contribution is 5.55. The molecule has 0 aliphatic carbocycles. The highest BCUT2D eigenvalue weighted by atomic mass is 19.1. The van der Waals surface area contributed by atoms with Crippen LogP contribution in [0.3, 0.4) is 0 Å². The summed E-state index contributed by atoms with van der Waals surface area (Å²) in [6.07, 6.45) is 4.93. The van der Waals surface area contributed by atoms with E-state index in [9.17, 15) is 4.39 Å². The molecule has 1 aromatic carbocycles. The van der Waals surface area contributed by atoms with Gasteiger partial charge >= 0.3 is 0 Å². The summed E-state index contributed by atoms with van der Waals surface area (Å²) in [6.45, 7) is 5.20. The van der Waals surface area contributed by atoms with Gasteiger partial charge in [-0.05, 0) is 31.9 Å². The molecule has 1 unspecified atom stereocenters. The molecule has 0 bridgehead atoms. The minimum Gasteiger partial charge on any atom is -0.383 e. The van der Waals surface area contributed by atoms with E-state index in [0.29, 0.717) is 19.2 Å². The average Bonchev–Trinajstić information content (AvgIpc) is 2.69. The van der Waals surface area contributed by atoms with Gasteiger partial charge in [0.05, 0.1) is 6.61 Å². The zero-order valence-corrected chi connectivity index (χ0v) is 13.2. The number of methoxy groups -OCH3 is 1. The van der Waals surface area contributed by atoms with E-state index in [1.807, 2.05) is 6.07 Å². The number of nitrogens with zero attached hydrogens (tertiary/aromatic N) is 1. The third kappa shape index (κ3) is 4.42. The van der Waals surface area contributed by atoms with Crippen molar-refractivity contribution in [2.45, 2.75) is 45.2 Å². The van der Waals surface area contributed by atoms with E-state index in [2.05, 4.69) is 23.2 Å². The molecule has 3 nitrogen and oxygen atoms in total. The Labute approximate surface area is 127 Å². The lowest BCUT2D eigenvalue weighted by atomic mass is 10.1. The Kier molecular flexibility index (Phi) is 6.46. The van der Waals surface area contributed by atoms with Gasteiger partial charge in [-0.1, -0.05) is 18.9 Å². The zero-order chi connectivity index (χ0) is 15.1. The molecule has 1 saturated heterocycles. The summed E-state index contributed by atoms with van der Waals surface area (Å²) < 4.78 is 19.3. The van der Waals surface area contributed by atoms with Crippen molar-refractivity contribution in [2.75, 3.05) is 31.7 Å². The highest BCUT2D eigenvalue weighted by Gasteiger charge is 2.21. The van der Waals surface area contributed by atoms with Crippen molar-refractivity contribution in [1.29, 1.82) is 0 Å². The molecule has 0 spiro atoms. The maximum atomic E-state index is 14.2. The second kappa shape index (κ2) is 8.35. The summed E-state index contributed by atoms with van der Waals surface area (Å²) in [7, 11) is 1.68. The third-order valence-corrected chi connectivity index (χ3v) is 4.24. The van der Waals surface area contributed by atoms with Crippen LogP contribution in [0.5, 0.6) is 0 Å². The van der Waals surface area contributed by atoms with Gasteiger partial charge in [0.1, 0.15) is 5.82 Å². The van der Waals surface area contributed by atoms with Crippen LogP contribution in [0.15, 0.2) is 18.2 Å². The Morgan fingerprint density at radius 3 is 3.00 bits per heavy atom. The summed E-state index contributed by atoms with van der Waals surface area (Å²) in [5, 5.41) is 3.26. The molecular weight excluding hydrogens is 267 g/mol. The van der Waals surface area contributed by atoms with Crippen LogP contribution in [0.25, 0.3) is 0 Å². The summed E-state index contributed by atoms with van der Waals surface area (Å²) >= 11 is 0. The van der Waals surface area contributed by atoms with Gasteiger partial charge in [-0.25, -0.2) is 4.39 Å². The van der Waals surface area contributed by atoms with E-state index in [1.54, 1.807) is 13.2 Å². The minimum atomic E-state index is -0.117. The van der Waals surface area contributed by atoms with E-state index in [0.717, 1.165) is 24.3 Å². The molecule has 1 aromatic rings. The van der Waals surface area contributed by atoms with Crippen molar-refractivity contribution >= 4 is 5.69 Å². The van der Waals surface area contributed by atoms with Gasteiger partial charge < -0.3 is 15.0 Å². The predicted octanol–water partition coefficient (Wildman–Crippen LogP) is 3.33. The molecule has 1 N–H and O–H groups in total. The van der Waals surface area contributed by atoms with Crippen molar-refractivity contribution in [3.63, 3.8) is 0 Å². The first-order valence-corrected chi connectivity index (χ1v) is 7.97. The molecule has 0 amide bonds. The monoisotopic (exact) mass is 294 g/mol. The van der Waals surface area contributed by atoms with E-state index < -0.39 is 0 Å². The topological polar surface area (TPSA) is 24.5 Å². The zero-order valence-electron chi connectivity index (χ0n) is 13.2. The normalized spacial score (nSPS) is 19.6. The highest BCUT2D eigenvalue weighted by Crippen LogP contribution is 2.28. The molecule has 1 aliphatic heterocycles. The molecule has 1 aliphatic rings. The smallest absolute Gasteiger partial charge is 0.129 e. The van der Waals surface area contributed by atoms with Crippen molar-refractivity contribution < 1.29 is 9.13 Å². The second-order valence-corrected chi connectivity index (χ2v) is 5.80. The maximum Gasteiger partial charge on any atom is 0.129 e. The fourth-order valence-corrected chi connectivity index (χ4v) is 3.01. The van der Waals surface area contributed by atoms with E-state index in [1.165, 1.54) is 25.7 Å². The van der Waals surface area contributed by atoms with Crippen LogP contribution in [-0.4, -0.2) is 32.8 Å². The van der Waals surface area contributed by atoms with Gasteiger partial charge in [0.15, 0.2) is 0 Å². The first kappa shape index (κ1) is 16.2. The van der Waals surface area contributed by atoms with E-state index in [-0.39, 0.29) is 5.82 Å². The maximum absolute atomic E-state index is 14.2. The average molecular weight is 294 g/mol.